The van der Waals surface area contributed by atoms with Crippen LogP contribution < -0.4 is 5.32 Å². The maximum Gasteiger partial charge on any atom is 0.227 e. The van der Waals surface area contributed by atoms with Gasteiger partial charge < -0.3 is 14.3 Å². The number of rotatable bonds is 6. The highest BCUT2D eigenvalue weighted by molar-refractivity contribution is 5.10. The van der Waals surface area contributed by atoms with Crippen molar-refractivity contribution in [2.75, 3.05) is 6.54 Å². The van der Waals surface area contributed by atoms with E-state index >= 15 is 0 Å². The van der Waals surface area contributed by atoms with Crippen molar-refractivity contribution in [1.29, 1.82) is 0 Å². The van der Waals surface area contributed by atoms with Gasteiger partial charge in [-0.05, 0) is 26.0 Å². The second kappa shape index (κ2) is 5.82. The van der Waals surface area contributed by atoms with E-state index in [4.69, 9.17) is 8.94 Å². The third-order valence-corrected chi connectivity index (χ3v) is 2.82. The first-order valence-corrected chi connectivity index (χ1v) is 6.30. The van der Waals surface area contributed by atoms with E-state index in [1.54, 1.807) is 0 Å². The molecule has 5 nitrogen and oxygen atoms in total. The van der Waals surface area contributed by atoms with Crippen molar-refractivity contribution in [3.05, 3.63) is 35.4 Å². The third-order valence-electron chi connectivity index (χ3n) is 2.82. The minimum Gasteiger partial charge on any atom is -0.464 e. The fraction of sp³-hybridized carbons (Fsp3) is 0.538. The van der Waals surface area contributed by atoms with Gasteiger partial charge in [-0.25, -0.2) is 0 Å². The van der Waals surface area contributed by atoms with Gasteiger partial charge >= 0.3 is 0 Å². The van der Waals surface area contributed by atoms with Crippen LogP contribution in [0.15, 0.2) is 21.1 Å². The number of aromatic nitrogens is 2. The molecule has 0 saturated carbocycles. The number of hydrogen-bond donors (Lipinski definition) is 1. The van der Waals surface area contributed by atoms with Gasteiger partial charge in [0, 0.05) is 19.4 Å². The standard InChI is InChI=1S/C13H19N3O2/c1-4-11-5-6-12(17-11)9(2)14-8-7-13-15-10(3)16-18-13/h5-6,9,14H,4,7-8H2,1-3H3/t9-/m0/s1. The molecule has 0 unspecified atom stereocenters. The van der Waals surface area contributed by atoms with Crippen molar-refractivity contribution in [1.82, 2.24) is 15.5 Å². The molecule has 0 aliphatic rings. The summed E-state index contributed by atoms with van der Waals surface area (Å²) >= 11 is 0. The molecule has 0 bridgehead atoms. The zero-order valence-corrected chi connectivity index (χ0v) is 11.1. The molecule has 0 spiro atoms. The van der Waals surface area contributed by atoms with Gasteiger partial charge in [-0.2, -0.15) is 4.98 Å². The molecule has 2 rings (SSSR count). The van der Waals surface area contributed by atoms with Gasteiger partial charge in [-0.1, -0.05) is 12.1 Å². The monoisotopic (exact) mass is 249 g/mol. The van der Waals surface area contributed by atoms with Gasteiger partial charge in [0.1, 0.15) is 11.5 Å². The van der Waals surface area contributed by atoms with Crippen LogP contribution in [-0.4, -0.2) is 16.7 Å². The first-order chi connectivity index (χ1) is 8.69. The smallest absolute Gasteiger partial charge is 0.227 e. The summed E-state index contributed by atoms with van der Waals surface area (Å²) in [5.74, 6) is 3.33. The van der Waals surface area contributed by atoms with Gasteiger partial charge in [0.2, 0.25) is 5.89 Å². The van der Waals surface area contributed by atoms with Gasteiger partial charge in [0.05, 0.1) is 6.04 Å². The van der Waals surface area contributed by atoms with Crippen molar-refractivity contribution in [2.24, 2.45) is 0 Å². The molecule has 2 heterocycles. The molecule has 0 aromatic carbocycles. The molecule has 1 N–H and O–H groups in total. The Kier molecular flexibility index (Phi) is 4.15. The summed E-state index contributed by atoms with van der Waals surface area (Å²) in [6.07, 6.45) is 1.65. The van der Waals surface area contributed by atoms with E-state index in [-0.39, 0.29) is 6.04 Å². The van der Waals surface area contributed by atoms with Crippen molar-refractivity contribution < 1.29 is 8.94 Å². The zero-order valence-electron chi connectivity index (χ0n) is 11.1. The van der Waals surface area contributed by atoms with Crippen LogP contribution in [0.4, 0.5) is 0 Å². The molecule has 0 saturated heterocycles. The molecular weight excluding hydrogens is 230 g/mol. The van der Waals surface area contributed by atoms with Crippen molar-refractivity contribution in [2.45, 2.75) is 39.7 Å². The predicted molar refractivity (Wildman–Crippen MR) is 67.2 cm³/mol. The van der Waals surface area contributed by atoms with Crippen molar-refractivity contribution in [3.63, 3.8) is 0 Å². The van der Waals surface area contributed by atoms with E-state index in [9.17, 15) is 0 Å². The highest BCUT2D eigenvalue weighted by Gasteiger charge is 2.10. The Bertz CT molecular complexity index is 490. The molecule has 0 fully saturated rings. The Labute approximate surface area is 107 Å². The lowest BCUT2D eigenvalue weighted by atomic mass is 10.2. The first kappa shape index (κ1) is 12.8. The van der Waals surface area contributed by atoms with E-state index in [1.165, 1.54) is 0 Å². The third kappa shape index (κ3) is 3.20. The number of hydrogen-bond acceptors (Lipinski definition) is 5. The quantitative estimate of drug-likeness (QED) is 0.851. The normalized spacial score (nSPS) is 12.8. The summed E-state index contributed by atoms with van der Waals surface area (Å²) in [4.78, 5) is 4.16. The molecular formula is C13H19N3O2. The van der Waals surface area contributed by atoms with Crippen LogP contribution in [0.25, 0.3) is 0 Å². The van der Waals surface area contributed by atoms with E-state index in [0.717, 1.165) is 30.9 Å². The van der Waals surface area contributed by atoms with Gasteiger partial charge in [-0.15, -0.1) is 0 Å². The summed E-state index contributed by atoms with van der Waals surface area (Å²) in [7, 11) is 0. The van der Waals surface area contributed by atoms with E-state index in [0.29, 0.717) is 11.7 Å². The lowest BCUT2D eigenvalue weighted by molar-refractivity contribution is 0.363. The van der Waals surface area contributed by atoms with Gasteiger partial charge in [-0.3, -0.25) is 0 Å². The Morgan fingerprint density at radius 3 is 2.83 bits per heavy atom. The minimum atomic E-state index is 0.189. The van der Waals surface area contributed by atoms with Crippen LogP contribution in [0.5, 0.6) is 0 Å². The average molecular weight is 249 g/mol. The summed E-state index contributed by atoms with van der Waals surface area (Å²) in [5.41, 5.74) is 0. The highest BCUT2D eigenvalue weighted by atomic mass is 16.5. The van der Waals surface area contributed by atoms with Crippen LogP contribution in [0.2, 0.25) is 0 Å². The topological polar surface area (TPSA) is 64.1 Å². The molecule has 5 heteroatoms. The fourth-order valence-electron chi connectivity index (χ4n) is 1.76. The molecule has 0 radical (unpaired) electrons. The van der Waals surface area contributed by atoms with Crippen LogP contribution in [0, 0.1) is 6.92 Å². The number of furan rings is 1. The maximum atomic E-state index is 5.69. The zero-order chi connectivity index (χ0) is 13.0. The number of nitrogens with zero attached hydrogens (tertiary/aromatic N) is 2. The summed E-state index contributed by atoms with van der Waals surface area (Å²) in [6, 6.07) is 4.23. The van der Waals surface area contributed by atoms with Crippen LogP contribution in [0.1, 0.15) is 43.1 Å². The molecule has 1 atom stereocenters. The average Bonchev–Trinajstić information content (AvgIpc) is 2.98. The summed E-state index contributed by atoms with van der Waals surface area (Å²) < 4.78 is 10.7. The minimum absolute atomic E-state index is 0.189. The van der Waals surface area contributed by atoms with Crippen LogP contribution >= 0.6 is 0 Å². The summed E-state index contributed by atoms with van der Waals surface area (Å²) in [6.45, 7) is 6.76. The SMILES string of the molecule is CCc1ccc([C@H](C)NCCc2nc(C)no2)o1. The van der Waals surface area contributed by atoms with Gasteiger partial charge in [0.25, 0.3) is 0 Å². The van der Waals surface area contributed by atoms with E-state index in [1.807, 2.05) is 19.1 Å². The first-order valence-electron chi connectivity index (χ1n) is 6.30. The molecule has 98 valence electrons. The molecule has 18 heavy (non-hydrogen) atoms. The van der Waals surface area contributed by atoms with E-state index < -0.39 is 0 Å². The fourth-order valence-corrected chi connectivity index (χ4v) is 1.76. The number of aryl methyl sites for hydroxylation is 2. The Morgan fingerprint density at radius 1 is 1.39 bits per heavy atom. The summed E-state index contributed by atoms with van der Waals surface area (Å²) in [5, 5.41) is 7.13. The Balaban J connectivity index is 1.79. The van der Waals surface area contributed by atoms with Crippen LogP contribution in [0.3, 0.4) is 0 Å². The lowest BCUT2D eigenvalue weighted by Crippen LogP contribution is -2.21. The van der Waals surface area contributed by atoms with Crippen molar-refractivity contribution >= 4 is 0 Å². The number of nitrogens with one attached hydrogen (secondary N) is 1. The molecule has 0 aliphatic heterocycles. The maximum absolute atomic E-state index is 5.69. The Morgan fingerprint density at radius 2 is 2.22 bits per heavy atom. The van der Waals surface area contributed by atoms with Crippen molar-refractivity contribution in [3.8, 4) is 0 Å². The van der Waals surface area contributed by atoms with Gasteiger partial charge in [0.15, 0.2) is 5.82 Å². The predicted octanol–water partition coefficient (Wildman–Crippen LogP) is 2.43. The highest BCUT2D eigenvalue weighted by Crippen LogP contribution is 2.16. The Hall–Kier alpha value is -1.62. The second-order valence-corrected chi connectivity index (χ2v) is 4.32. The second-order valence-electron chi connectivity index (χ2n) is 4.32. The molecule has 2 aromatic rings. The molecule has 0 amide bonds. The lowest BCUT2D eigenvalue weighted by Gasteiger charge is -2.09. The van der Waals surface area contributed by atoms with E-state index in [2.05, 4.69) is 29.3 Å². The molecule has 2 aromatic heterocycles. The van der Waals surface area contributed by atoms with Crippen LogP contribution in [-0.2, 0) is 12.8 Å². The largest absolute Gasteiger partial charge is 0.464 e. The molecule has 0 aliphatic carbocycles.